The average molecular weight is 421 g/mol. The van der Waals surface area contributed by atoms with E-state index >= 15 is 0 Å². The third-order valence-electron chi connectivity index (χ3n) is 4.35. The van der Waals surface area contributed by atoms with Crippen molar-refractivity contribution in [1.82, 2.24) is 9.58 Å². The monoisotopic (exact) mass is 421 g/mol. The van der Waals surface area contributed by atoms with E-state index in [0.717, 1.165) is 4.88 Å². The molecule has 1 N–H and O–H groups in total. The fourth-order valence-corrected chi connectivity index (χ4v) is 4.70. The van der Waals surface area contributed by atoms with Gasteiger partial charge < -0.3 is 4.57 Å². The number of nitrogens with one attached hydrogen (secondary N) is 1. The number of nitrogens with zero attached hydrogens (tertiary/aromatic N) is 4. The molecule has 1 amide bonds. The van der Waals surface area contributed by atoms with Gasteiger partial charge in [-0.05, 0) is 59.6 Å². The van der Waals surface area contributed by atoms with E-state index < -0.39 is 5.91 Å². The van der Waals surface area contributed by atoms with Crippen molar-refractivity contribution in [1.29, 1.82) is 5.41 Å². The lowest BCUT2D eigenvalue weighted by Gasteiger charge is -2.20. The lowest BCUT2D eigenvalue weighted by atomic mass is 10.1. The quantitative estimate of drug-likeness (QED) is 0.639. The molecule has 0 radical (unpaired) electrons. The molecule has 9 heteroatoms. The first-order valence-corrected chi connectivity index (χ1v) is 10.3. The molecule has 0 unspecified atom stereocenters. The Morgan fingerprint density at radius 2 is 2.03 bits per heavy atom. The Labute approximate surface area is 173 Å². The molecule has 0 saturated carbocycles. The van der Waals surface area contributed by atoms with E-state index in [2.05, 4.69) is 10.1 Å². The maximum Gasteiger partial charge on any atom is 0.283 e. The van der Waals surface area contributed by atoms with Crippen molar-refractivity contribution in [3.63, 3.8) is 0 Å². The third kappa shape index (κ3) is 3.14. The second kappa shape index (κ2) is 6.94. The zero-order valence-electron chi connectivity index (χ0n) is 14.7. The van der Waals surface area contributed by atoms with Crippen molar-refractivity contribution in [2.75, 3.05) is 0 Å². The standard InChI is InChI=1S/C20H12FN5OS2/c21-12-4-1-5-13(10-12)25-8-2-6-14(25)11-15-17(22)26-20(23-18(15)27)29-19(24-26)16-7-3-9-28-16/h1-11,22H/b15-11+,22-17?. The molecule has 0 aliphatic carbocycles. The van der Waals surface area contributed by atoms with Crippen molar-refractivity contribution < 1.29 is 9.18 Å². The van der Waals surface area contributed by atoms with E-state index in [1.165, 1.54) is 40.2 Å². The topological polar surface area (TPSA) is 73.8 Å². The van der Waals surface area contributed by atoms with Crippen LogP contribution in [0.2, 0.25) is 0 Å². The van der Waals surface area contributed by atoms with Gasteiger partial charge in [-0.2, -0.15) is 15.1 Å². The summed E-state index contributed by atoms with van der Waals surface area (Å²) in [4.78, 5) is 17.7. The van der Waals surface area contributed by atoms with Crippen LogP contribution in [-0.2, 0) is 4.79 Å². The number of fused-ring (bicyclic) bond motifs is 1. The molecular weight excluding hydrogens is 409 g/mol. The summed E-state index contributed by atoms with van der Waals surface area (Å²) >= 11 is 2.81. The second-order valence-corrected chi connectivity index (χ2v) is 8.09. The molecule has 5 rings (SSSR count). The van der Waals surface area contributed by atoms with Gasteiger partial charge in [0.25, 0.3) is 5.91 Å². The Bertz CT molecular complexity index is 1240. The number of amides is 1. The number of halogens is 1. The maximum absolute atomic E-state index is 13.6. The lowest BCUT2D eigenvalue weighted by Crippen LogP contribution is -2.35. The molecule has 142 valence electrons. The van der Waals surface area contributed by atoms with Gasteiger partial charge >= 0.3 is 0 Å². The minimum absolute atomic E-state index is 0.0361. The molecule has 2 aromatic heterocycles. The van der Waals surface area contributed by atoms with E-state index in [9.17, 15) is 9.18 Å². The van der Waals surface area contributed by atoms with Crippen LogP contribution >= 0.6 is 23.1 Å². The number of thiophene rings is 1. The largest absolute Gasteiger partial charge is 0.317 e. The number of aliphatic imine (C=N–C) groups is 1. The Hall–Kier alpha value is -3.30. The normalized spacial score (nSPS) is 17.6. The molecule has 0 atom stereocenters. The number of hydrogen-bond acceptors (Lipinski definition) is 5. The highest BCUT2D eigenvalue weighted by molar-refractivity contribution is 8.27. The van der Waals surface area contributed by atoms with Crippen molar-refractivity contribution in [3.8, 4) is 5.69 Å². The molecule has 0 spiro atoms. The number of carbonyl (C=O) groups is 1. The van der Waals surface area contributed by atoms with Crippen molar-refractivity contribution in [3.05, 3.63) is 82.1 Å². The van der Waals surface area contributed by atoms with Crippen LogP contribution in [0.5, 0.6) is 0 Å². The van der Waals surface area contributed by atoms with Crippen LogP contribution < -0.4 is 0 Å². The Balaban J connectivity index is 1.52. The lowest BCUT2D eigenvalue weighted by molar-refractivity contribution is -0.114. The maximum atomic E-state index is 13.6. The Morgan fingerprint density at radius 3 is 2.83 bits per heavy atom. The van der Waals surface area contributed by atoms with Gasteiger partial charge in [0.05, 0.1) is 10.5 Å². The van der Waals surface area contributed by atoms with Gasteiger partial charge in [0.2, 0.25) is 5.17 Å². The summed E-state index contributed by atoms with van der Waals surface area (Å²) in [6.07, 6.45) is 3.35. The first-order valence-electron chi connectivity index (χ1n) is 8.57. The number of hydrogen-bond donors (Lipinski definition) is 1. The van der Waals surface area contributed by atoms with Gasteiger partial charge in [-0.3, -0.25) is 10.2 Å². The van der Waals surface area contributed by atoms with Crippen LogP contribution in [0.4, 0.5) is 4.39 Å². The summed E-state index contributed by atoms with van der Waals surface area (Å²) in [5.41, 5.74) is 1.38. The number of amidine groups is 2. The van der Waals surface area contributed by atoms with E-state index in [-0.39, 0.29) is 17.2 Å². The van der Waals surface area contributed by atoms with Gasteiger partial charge in [-0.15, -0.1) is 11.3 Å². The summed E-state index contributed by atoms with van der Waals surface area (Å²) < 4.78 is 15.4. The van der Waals surface area contributed by atoms with Crippen LogP contribution in [-0.4, -0.2) is 31.5 Å². The number of benzene rings is 1. The van der Waals surface area contributed by atoms with Crippen molar-refractivity contribution >= 4 is 51.1 Å². The van der Waals surface area contributed by atoms with Crippen LogP contribution in [0.1, 0.15) is 10.6 Å². The smallest absolute Gasteiger partial charge is 0.283 e. The number of hydrazone groups is 1. The predicted molar refractivity (Wildman–Crippen MR) is 114 cm³/mol. The predicted octanol–water partition coefficient (Wildman–Crippen LogP) is 4.35. The Morgan fingerprint density at radius 1 is 1.14 bits per heavy atom. The van der Waals surface area contributed by atoms with Gasteiger partial charge in [-0.25, -0.2) is 4.39 Å². The van der Waals surface area contributed by atoms with Crippen LogP contribution in [0.15, 0.2) is 75.8 Å². The molecule has 1 aromatic carbocycles. The average Bonchev–Trinajstić information content (AvgIpc) is 3.44. The van der Waals surface area contributed by atoms with Gasteiger partial charge in [0, 0.05) is 17.6 Å². The summed E-state index contributed by atoms with van der Waals surface area (Å²) in [7, 11) is 0. The zero-order valence-corrected chi connectivity index (χ0v) is 16.4. The zero-order chi connectivity index (χ0) is 20.0. The van der Waals surface area contributed by atoms with E-state index in [4.69, 9.17) is 5.41 Å². The highest BCUT2D eigenvalue weighted by atomic mass is 32.2. The van der Waals surface area contributed by atoms with Crippen molar-refractivity contribution in [2.45, 2.75) is 0 Å². The van der Waals surface area contributed by atoms with Gasteiger partial charge in [0.15, 0.2) is 5.84 Å². The van der Waals surface area contributed by atoms with E-state index in [0.29, 0.717) is 21.6 Å². The van der Waals surface area contributed by atoms with E-state index in [1.54, 1.807) is 41.1 Å². The van der Waals surface area contributed by atoms with E-state index in [1.807, 2.05) is 17.5 Å². The SMILES string of the molecule is N=C1/C(=C\c2cccn2-c2cccc(F)c2)C(=O)N=C2SC(c3cccs3)=NN12. The fourth-order valence-electron chi connectivity index (χ4n) is 3.01. The molecule has 0 bridgehead atoms. The highest BCUT2D eigenvalue weighted by Gasteiger charge is 2.36. The summed E-state index contributed by atoms with van der Waals surface area (Å²) in [6, 6.07) is 13.6. The number of carbonyl (C=O) groups excluding carboxylic acids is 1. The number of aromatic nitrogens is 1. The molecular formula is C20H12FN5OS2. The van der Waals surface area contributed by atoms with Crippen molar-refractivity contribution in [2.24, 2.45) is 10.1 Å². The van der Waals surface area contributed by atoms with Crippen LogP contribution in [0, 0.1) is 11.2 Å². The molecule has 3 aromatic rings. The van der Waals surface area contributed by atoms with Gasteiger partial charge in [-0.1, -0.05) is 12.1 Å². The minimum Gasteiger partial charge on any atom is -0.317 e. The Kier molecular flexibility index (Phi) is 4.26. The molecule has 0 saturated heterocycles. The molecule has 0 fully saturated rings. The fraction of sp³-hybridized carbons (Fsp3) is 0. The molecule has 6 nitrogen and oxygen atoms in total. The number of thioether (sulfide) groups is 1. The molecule has 2 aliphatic heterocycles. The summed E-state index contributed by atoms with van der Waals surface area (Å²) in [5, 5.41) is 17.4. The second-order valence-electron chi connectivity index (χ2n) is 6.19. The molecule has 2 aliphatic rings. The molecule has 29 heavy (non-hydrogen) atoms. The van der Waals surface area contributed by atoms with Crippen LogP contribution in [0.3, 0.4) is 0 Å². The molecule has 4 heterocycles. The highest BCUT2D eigenvalue weighted by Crippen LogP contribution is 2.32. The van der Waals surface area contributed by atoms with Gasteiger partial charge in [0.1, 0.15) is 10.9 Å². The first kappa shape index (κ1) is 17.8. The number of rotatable bonds is 3. The van der Waals surface area contributed by atoms with Crippen LogP contribution in [0.25, 0.3) is 11.8 Å². The third-order valence-corrected chi connectivity index (χ3v) is 6.29. The summed E-state index contributed by atoms with van der Waals surface area (Å²) in [6.45, 7) is 0. The first-order chi connectivity index (χ1) is 14.1. The minimum atomic E-state index is -0.497. The summed E-state index contributed by atoms with van der Waals surface area (Å²) in [5.74, 6) is -0.885.